The van der Waals surface area contributed by atoms with Gasteiger partial charge in [0.2, 0.25) is 0 Å². The summed E-state index contributed by atoms with van der Waals surface area (Å²) in [4.78, 5) is 4.13. The normalized spacial score (nSPS) is 10.6. The maximum absolute atomic E-state index is 9.22. The average Bonchev–Trinajstić information content (AvgIpc) is 2.64. The SMILES string of the molecule is Cc1ccc(-c2nc(C)no2)c(CO)c1. The van der Waals surface area contributed by atoms with Gasteiger partial charge in [0.1, 0.15) is 0 Å². The van der Waals surface area contributed by atoms with Gasteiger partial charge in [0.25, 0.3) is 5.89 Å². The summed E-state index contributed by atoms with van der Waals surface area (Å²) >= 11 is 0. The van der Waals surface area contributed by atoms with Gasteiger partial charge in [0.05, 0.1) is 6.61 Å². The zero-order valence-electron chi connectivity index (χ0n) is 8.69. The first-order valence-corrected chi connectivity index (χ1v) is 4.72. The first-order valence-electron chi connectivity index (χ1n) is 4.72. The number of aliphatic hydroxyl groups is 1. The van der Waals surface area contributed by atoms with Crippen LogP contribution in [0.2, 0.25) is 0 Å². The maximum Gasteiger partial charge on any atom is 0.258 e. The van der Waals surface area contributed by atoms with E-state index < -0.39 is 0 Å². The summed E-state index contributed by atoms with van der Waals surface area (Å²) < 4.78 is 5.06. The third kappa shape index (κ3) is 1.89. The molecule has 1 aromatic heterocycles. The summed E-state index contributed by atoms with van der Waals surface area (Å²) in [7, 11) is 0. The Labute approximate surface area is 87.6 Å². The van der Waals surface area contributed by atoms with E-state index in [2.05, 4.69) is 10.1 Å². The van der Waals surface area contributed by atoms with Crippen molar-refractivity contribution in [1.82, 2.24) is 10.1 Å². The van der Waals surface area contributed by atoms with Crippen molar-refractivity contribution < 1.29 is 9.63 Å². The van der Waals surface area contributed by atoms with Crippen molar-refractivity contribution in [1.29, 1.82) is 0 Å². The molecule has 0 spiro atoms. The minimum absolute atomic E-state index is 0.0293. The number of nitrogens with zero attached hydrogens (tertiary/aromatic N) is 2. The second-order valence-electron chi connectivity index (χ2n) is 3.47. The molecule has 1 heterocycles. The Morgan fingerprint density at radius 2 is 2.13 bits per heavy atom. The highest BCUT2D eigenvalue weighted by Gasteiger charge is 2.10. The Morgan fingerprint density at radius 3 is 2.73 bits per heavy atom. The van der Waals surface area contributed by atoms with Crippen LogP contribution in [-0.2, 0) is 6.61 Å². The number of hydrogen-bond acceptors (Lipinski definition) is 4. The van der Waals surface area contributed by atoms with E-state index in [0.717, 1.165) is 16.7 Å². The first-order chi connectivity index (χ1) is 7.20. The molecule has 0 radical (unpaired) electrons. The lowest BCUT2D eigenvalue weighted by Gasteiger charge is -2.03. The maximum atomic E-state index is 9.22. The van der Waals surface area contributed by atoms with Gasteiger partial charge in [0.15, 0.2) is 5.82 Å². The molecule has 78 valence electrons. The van der Waals surface area contributed by atoms with Crippen molar-refractivity contribution in [2.24, 2.45) is 0 Å². The fourth-order valence-corrected chi connectivity index (χ4v) is 1.47. The summed E-state index contributed by atoms with van der Waals surface area (Å²) in [6, 6.07) is 5.75. The van der Waals surface area contributed by atoms with E-state index in [9.17, 15) is 5.11 Å². The van der Waals surface area contributed by atoms with Crippen LogP contribution in [0, 0.1) is 13.8 Å². The predicted octanol–water partition coefficient (Wildman–Crippen LogP) is 1.85. The molecule has 0 unspecified atom stereocenters. The molecular weight excluding hydrogens is 192 g/mol. The van der Waals surface area contributed by atoms with Crippen LogP contribution in [0.25, 0.3) is 11.5 Å². The van der Waals surface area contributed by atoms with Crippen molar-refractivity contribution >= 4 is 0 Å². The molecule has 0 atom stereocenters. The quantitative estimate of drug-likeness (QED) is 0.810. The molecule has 2 rings (SSSR count). The topological polar surface area (TPSA) is 59.2 Å². The lowest BCUT2D eigenvalue weighted by molar-refractivity contribution is 0.281. The van der Waals surface area contributed by atoms with Crippen molar-refractivity contribution in [2.45, 2.75) is 20.5 Å². The molecule has 4 nitrogen and oxygen atoms in total. The van der Waals surface area contributed by atoms with E-state index >= 15 is 0 Å². The number of aliphatic hydroxyl groups excluding tert-OH is 1. The second-order valence-corrected chi connectivity index (χ2v) is 3.47. The number of aryl methyl sites for hydroxylation is 2. The highest BCUT2D eigenvalue weighted by Crippen LogP contribution is 2.23. The molecule has 0 aliphatic heterocycles. The van der Waals surface area contributed by atoms with Gasteiger partial charge in [-0.3, -0.25) is 0 Å². The Bertz CT molecular complexity index is 477. The van der Waals surface area contributed by atoms with Crippen molar-refractivity contribution in [3.63, 3.8) is 0 Å². The molecule has 0 saturated heterocycles. The second kappa shape index (κ2) is 3.82. The summed E-state index contributed by atoms with van der Waals surface area (Å²) in [5.74, 6) is 1.05. The van der Waals surface area contributed by atoms with Crippen LogP contribution in [0.4, 0.5) is 0 Å². The van der Waals surface area contributed by atoms with Gasteiger partial charge in [-0.1, -0.05) is 22.9 Å². The van der Waals surface area contributed by atoms with E-state index in [1.807, 2.05) is 25.1 Å². The zero-order valence-corrected chi connectivity index (χ0v) is 8.69. The first kappa shape index (κ1) is 9.86. The lowest BCUT2D eigenvalue weighted by atomic mass is 10.1. The van der Waals surface area contributed by atoms with Gasteiger partial charge < -0.3 is 9.63 Å². The van der Waals surface area contributed by atoms with Gasteiger partial charge >= 0.3 is 0 Å². The lowest BCUT2D eigenvalue weighted by Crippen LogP contribution is -1.90. The number of hydrogen-bond donors (Lipinski definition) is 1. The molecular formula is C11H12N2O2. The minimum atomic E-state index is -0.0293. The highest BCUT2D eigenvalue weighted by molar-refractivity contribution is 5.59. The van der Waals surface area contributed by atoms with Crippen molar-refractivity contribution in [3.05, 3.63) is 35.2 Å². The Kier molecular flexibility index (Phi) is 2.51. The number of rotatable bonds is 2. The largest absolute Gasteiger partial charge is 0.392 e. The van der Waals surface area contributed by atoms with Gasteiger partial charge in [-0.2, -0.15) is 4.98 Å². The molecule has 0 saturated carbocycles. The van der Waals surface area contributed by atoms with Crippen LogP contribution in [-0.4, -0.2) is 15.2 Å². The fourth-order valence-electron chi connectivity index (χ4n) is 1.47. The summed E-state index contributed by atoms with van der Waals surface area (Å²) in [6.45, 7) is 3.71. The van der Waals surface area contributed by atoms with E-state index in [0.29, 0.717) is 11.7 Å². The van der Waals surface area contributed by atoms with Crippen molar-refractivity contribution in [2.75, 3.05) is 0 Å². The average molecular weight is 204 g/mol. The summed E-state index contributed by atoms with van der Waals surface area (Å²) in [5, 5.41) is 12.9. The molecule has 1 N–H and O–H groups in total. The van der Waals surface area contributed by atoms with Crippen LogP contribution in [0.15, 0.2) is 22.7 Å². The van der Waals surface area contributed by atoms with Gasteiger partial charge in [0, 0.05) is 5.56 Å². The van der Waals surface area contributed by atoms with Crippen molar-refractivity contribution in [3.8, 4) is 11.5 Å². The van der Waals surface area contributed by atoms with E-state index in [1.165, 1.54) is 0 Å². The van der Waals surface area contributed by atoms with Crippen LogP contribution >= 0.6 is 0 Å². The molecule has 1 aromatic carbocycles. The molecule has 0 bridgehead atoms. The fraction of sp³-hybridized carbons (Fsp3) is 0.273. The van der Waals surface area contributed by atoms with E-state index in [1.54, 1.807) is 6.92 Å². The van der Waals surface area contributed by atoms with Crippen LogP contribution in [0.1, 0.15) is 17.0 Å². The van der Waals surface area contributed by atoms with E-state index in [4.69, 9.17) is 4.52 Å². The molecule has 4 heteroatoms. The molecule has 0 fully saturated rings. The molecule has 2 aromatic rings. The number of aromatic nitrogens is 2. The summed E-state index contributed by atoms with van der Waals surface area (Å²) in [6.07, 6.45) is 0. The zero-order chi connectivity index (χ0) is 10.8. The molecule has 0 aliphatic carbocycles. The number of benzene rings is 1. The molecule has 15 heavy (non-hydrogen) atoms. The van der Waals surface area contributed by atoms with Crippen LogP contribution in [0.5, 0.6) is 0 Å². The predicted molar refractivity (Wildman–Crippen MR) is 55.1 cm³/mol. The molecule has 0 aliphatic rings. The van der Waals surface area contributed by atoms with Crippen LogP contribution < -0.4 is 0 Å². The van der Waals surface area contributed by atoms with E-state index in [-0.39, 0.29) is 6.61 Å². The third-order valence-electron chi connectivity index (χ3n) is 2.19. The minimum Gasteiger partial charge on any atom is -0.392 e. The Morgan fingerprint density at radius 1 is 1.33 bits per heavy atom. The molecule has 0 amide bonds. The Balaban J connectivity index is 2.52. The Hall–Kier alpha value is -1.68. The third-order valence-corrected chi connectivity index (χ3v) is 2.19. The highest BCUT2D eigenvalue weighted by atomic mass is 16.5. The standard InChI is InChI=1S/C11H12N2O2/c1-7-3-4-10(9(5-7)6-14)11-12-8(2)13-15-11/h3-5,14H,6H2,1-2H3. The van der Waals surface area contributed by atoms with Gasteiger partial charge in [-0.05, 0) is 25.5 Å². The van der Waals surface area contributed by atoms with Crippen LogP contribution in [0.3, 0.4) is 0 Å². The summed E-state index contributed by atoms with van der Waals surface area (Å²) in [5.41, 5.74) is 2.70. The van der Waals surface area contributed by atoms with Gasteiger partial charge in [-0.15, -0.1) is 0 Å². The smallest absolute Gasteiger partial charge is 0.258 e. The monoisotopic (exact) mass is 204 g/mol. The van der Waals surface area contributed by atoms with Gasteiger partial charge in [-0.25, -0.2) is 0 Å².